The molecule has 80 valence electrons. The monoisotopic (exact) mass is 212 g/mol. The molecule has 4 N–H and O–H groups in total. The quantitative estimate of drug-likeness (QED) is 0.563. The first-order chi connectivity index (χ1) is 7.72. The van der Waals surface area contributed by atoms with E-state index in [1.807, 2.05) is 36.4 Å². The Balaban J connectivity index is 2.10. The number of fused-ring (bicyclic) bond motifs is 2. The number of hydrogen-bond donors (Lipinski definition) is 2. The number of nitrogen functional groups attached to an aromatic ring is 2. The van der Waals surface area contributed by atoms with Gasteiger partial charge in [0.2, 0.25) is 0 Å². The molecule has 0 fully saturated rings. The molecule has 3 nitrogen and oxygen atoms in total. The van der Waals surface area contributed by atoms with Gasteiger partial charge in [-0.15, -0.1) is 0 Å². The largest absolute Gasteiger partial charge is 0.457 e. The summed E-state index contributed by atoms with van der Waals surface area (Å²) < 4.78 is 5.78. The van der Waals surface area contributed by atoms with Crippen molar-refractivity contribution in [3.05, 3.63) is 47.5 Å². The molecule has 0 spiro atoms. The van der Waals surface area contributed by atoms with Gasteiger partial charge in [0.15, 0.2) is 0 Å². The fraction of sp³-hybridized carbons (Fsp3) is 0.0769. The summed E-state index contributed by atoms with van der Waals surface area (Å²) in [5, 5.41) is 0. The summed E-state index contributed by atoms with van der Waals surface area (Å²) in [6.07, 6.45) is 0.820. The Hall–Kier alpha value is -2.16. The third-order valence-corrected chi connectivity index (χ3v) is 2.77. The molecule has 0 bridgehead atoms. The molecular weight excluding hydrogens is 200 g/mol. The van der Waals surface area contributed by atoms with Crippen LogP contribution in [0.5, 0.6) is 11.5 Å². The third kappa shape index (κ3) is 1.37. The first-order valence-corrected chi connectivity index (χ1v) is 5.17. The van der Waals surface area contributed by atoms with Crippen LogP contribution in [0.2, 0.25) is 0 Å². The van der Waals surface area contributed by atoms with E-state index in [0.717, 1.165) is 40.4 Å². The molecule has 3 rings (SSSR count). The van der Waals surface area contributed by atoms with Gasteiger partial charge in [-0.25, -0.2) is 0 Å². The molecule has 0 saturated heterocycles. The van der Waals surface area contributed by atoms with Gasteiger partial charge in [0.05, 0.1) is 0 Å². The SMILES string of the molecule is Nc1ccc2c(c1)Cc1cc(N)ccc1O2. The summed E-state index contributed by atoms with van der Waals surface area (Å²) in [6, 6.07) is 11.4. The number of rotatable bonds is 0. The molecule has 0 saturated carbocycles. The van der Waals surface area contributed by atoms with Crippen LogP contribution >= 0.6 is 0 Å². The molecule has 0 unspecified atom stereocenters. The normalized spacial score (nSPS) is 12.5. The second kappa shape index (κ2) is 3.17. The summed E-state index contributed by atoms with van der Waals surface area (Å²) in [4.78, 5) is 0. The highest BCUT2D eigenvalue weighted by atomic mass is 16.5. The highest BCUT2D eigenvalue weighted by Gasteiger charge is 2.16. The highest BCUT2D eigenvalue weighted by molar-refractivity contribution is 5.58. The zero-order valence-electron chi connectivity index (χ0n) is 8.73. The molecule has 0 aromatic heterocycles. The number of benzene rings is 2. The number of nitrogens with two attached hydrogens (primary N) is 2. The summed E-state index contributed by atoms with van der Waals surface area (Å²) in [5.41, 5.74) is 15.2. The summed E-state index contributed by atoms with van der Waals surface area (Å²) in [5.74, 6) is 1.76. The van der Waals surface area contributed by atoms with Crippen molar-refractivity contribution in [2.24, 2.45) is 0 Å². The number of ether oxygens (including phenoxy) is 1. The molecule has 1 aliphatic heterocycles. The van der Waals surface area contributed by atoms with Crippen molar-refractivity contribution < 1.29 is 4.74 Å². The van der Waals surface area contributed by atoms with Gasteiger partial charge >= 0.3 is 0 Å². The second-order valence-corrected chi connectivity index (χ2v) is 4.01. The van der Waals surface area contributed by atoms with Crippen LogP contribution in [0.3, 0.4) is 0 Å². The van der Waals surface area contributed by atoms with Gasteiger partial charge in [-0.2, -0.15) is 0 Å². The number of anilines is 2. The fourth-order valence-electron chi connectivity index (χ4n) is 2.00. The van der Waals surface area contributed by atoms with Crippen molar-refractivity contribution in [1.82, 2.24) is 0 Å². The predicted octanol–water partition coefficient (Wildman–Crippen LogP) is 2.55. The van der Waals surface area contributed by atoms with Crippen LogP contribution in [0.1, 0.15) is 11.1 Å². The Morgan fingerprint density at radius 3 is 1.81 bits per heavy atom. The van der Waals surface area contributed by atoms with Gasteiger partial charge in [-0.05, 0) is 36.4 Å². The van der Waals surface area contributed by atoms with E-state index >= 15 is 0 Å². The molecule has 0 radical (unpaired) electrons. The second-order valence-electron chi connectivity index (χ2n) is 4.01. The molecule has 1 aliphatic rings. The number of hydrogen-bond acceptors (Lipinski definition) is 3. The van der Waals surface area contributed by atoms with E-state index in [1.54, 1.807) is 0 Å². The molecule has 0 aliphatic carbocycles. The lowest BCUT2D eigenvalue weighted by atomic mass is 9.99. The van der Waals surface area contributed by atoms with Crippen molar-refractivity contribution >= 4 is 11.4 Å². The van der Waals surface area contributed by atoms with Crippen LogP contribution in [0.15, 0.2) is 36.4 Å². The molecule has 2 aromatic rings. The zero-order chi connectivity index (χ0) is 11.1. The van der Waals surface area contributed by atoms with E-state index in [2.05, 4.69) is 0 Å². The minimum atomic E-state index is 0.759. The van der Waals surface area contributed by atoms with Crippen molar-refractivity contribution in [3.8, 4) is 11.5 Å². The van der Waals surface area contributed by atoms with Crippen LogP contribution in [-0.2, 0) is 6.42 Å². The van der Waals surface area contributed by atoms with Crippen LogP contribution in [-0.4, -0.2) is 0 Å². The highest BCUT2D eigenvalue weighted by Crippen LogP contribution is 2.37. The minimum Gasteiger partial charge on any atom is -0.457 e. The molecule has 0 amide bonds. The average molecular weight is 212 g/mol. The van der Waals surface area contributed by atoms with Crippen molar-refractivity contribution in [1.29, 1.82) is 0 Å². The van der Waals surface area contributed by atoms with Crippen molar-refractivity contribution in [2.45, 2.75) is 6.42 Å². The maximum atomic E-state index is 5.78. The molecule has 16 heavy (non-hydrogen) atoms. The van der Waals surface area contributed by atoms with E-state index in [0.29, 0.717) is 0 Å². The fourth-order valence-corrected chi connectivity index (χ4v) is 2.00. The first kappa shape index (κ1) is 9.09. The molecule has 2 aromatic carbocycles. The Bertz CT molecular complexity index is 514. The van der Waals surface area contributed by atoms with Gasteiger partial charge in [-0.1, -0.05) is 0 Å². The van der Waals surface area contributed by atoms with Crippen LogP contribution < -0.4 is 16.2 Å². The van der Waals surface area contributed by atoms with Gasteiger partial charge in [-0.3, -0.25) is 0 Å². The lowest BCUT2D eigenvalue weighted by Gasteiger charge is -2.20. The van der Waals surface area contributed by atoms with E-state index in [4.69, 9.17) is 16.2 Å². The summed E-state index contributed by atoms with van der Waals surface area (Å²) in [6.45, 7) is 0. The Morgan fingerprint density at radius 2 is 1.31 bits per heavy atom. The van der Waals surface area contributed by atoms with Crippen LogP contribution in [0.4, 0.5) is 11.4 Å². The maximum Gasteiger partial charge on any atom is 0.131 e. The van der Waals surface area contributed by atoms with Crippen LogP contribution in [0, 0.1) is 0 Å². The molecular formula is C13H12N2O. The van der Waals surface area contributed by atoms with E-state index in [9.17, 15) is 0 Å². The topological polar surface area (TPSA) is 61.3 Å². The maximum absolute atomic E-state index is 5.78. The Labute approximate surface area is 93.6 Å². The lowest BCUT2D eigenvalue weighted by molar-refractivity contribution is 0.460. The molecule has 1 heterocycles. The zero-order valence-corrected chi connectivity index (χ0v) is 8.73. The van der Waals surface area contributed by atoms with Gasteiger partial charge in [0.1, 0.15) is 11.5 Å². The lowest BCUT2D eigenvalue weighted by Crippen LogP contribution is -2.04. The Kier molecular flexibility index (Phi) is 1.80. The predicted molar refractivity (Wildman–Crippen MR) is 64.6 cm³/mol. The summed E-state index contributed by atoms with van der Waals surface area (Å²) in [7, 11) is 0. The average Bonchev–Trinajstić information content (AvgIpc) is 2.26. The molecule has 0 atom stereocenters. The summed E-state index contributed by atoms with van der Waals surface area (Å²) >= 11 is 0. The van der Waals surface area contributed by atoms with Crippen LogP contribution in [0.25, 0.3) is 0 Å². The van der Waals surface area contributed by atoms with E-state index in [1.165, 1.54) is 0 Å². The third-order valence-electron chi connectivity index (χ3n) is 2.77. The van der Waals surface area contributed by atoms with Crippen molar-refractivity contribution in [3.63, 3.8) is 0 Å². The van der Waals surface area contributed by atoms with Gasteiger partial charge in [0.25, 0.3) is 0 Å². The smallest absolute Gasteiger partial charge is 0.131 e. The van der Waals surface area contributed by atoms with E-state index in [-0.39, 0.29) is 0 Å². The van der Waals surface area contributed by atoms with Crippen molar-refractivity contribution in [2.75, 3.05) is 11.5 Å². The van der Waals surface area contributed by atoms with E-state index < -0.39 is 0 Å². The Morgan fingerprint density at radius 1 is 0.812 bits per heavy atom. The first-order valence-electron chi connectivity index (χ1n) is 5.17. The standard InChI is InChI=1S/C13H12N2O/c14-10-1-3-12-8(6-10)5-9-7-11(15)2-4-13(9)16-12/h1-4,6-7H,5,14-15H2. The molecule has 3 heteroatoms. The minimum absolute atomic E-state index is 0.759. The van der Waals surface area contributed by atoms with Gasteiger partial charge in [0, 0.05) is 28.9 Å². The van der Waals surface area contributed by atoms with Gasteiger partial charge < -0.3 is 16.2 Å².